The number of benzene rings is 2. The summed E-state index contributed by atoms with van der Waals surface area (Å²) in [5, 5.41) is 11.9. The Balaban J connectivity index is 0.000000790. The molecule has 2 amide bonds. The number of likely N-dealkylation sites (tertiary alicyclic amines) is 1. The fourth-order valence-electron chi connectivity index (χ4n) is 4.21. The zero-order valence-corrected chi connectivity index (χ0v) is 27.6. The van der Waals surface area contributed by atoms with E-state index in [4.69, 9.17) is 26.2 Å². The number of amides is 2. The molecule has 2 heterocycles. The van der Waals surface area contributed by atoms with E-state index in [2.05, 4.69) is 10.3 Å². The molecule has 1 aliphatic heterocycles. The molecule has 0 bridgehead atoms. The third-order valence-electron chi connectivity index (χ3n) is 6.94. The number of ether oxygens (including phenoxy) is 2. The monoisotopic (exact) mass is 650 g/mol. The summed E-state index contributed by atoms with van der Waals surface area (Å²) in [7, 11) is 4.42. The van der Waals surface area contributed by atoms with E-state index >= 15 is 0 Å². The van der Waals surface area contributed by atoms with Crippen LogP contribution in [0.15, 0.2) is 36.5 Å². The number of carbonyl (C=O) groups excluding carboxylic acids is 2. The van der Waals surface area contributed by atoms with Gasteiger partial charge in [-0.2, -0.15) is 4.39 Å². The molecule has 45 heavy (non-hydrogen) atoms. The van der Waals surface area contributed by atoms with Crippen LogP contribution >= 0.6 is 11.6 Å². The van der Waals surface area contributed by atoms with E-state index in [1.165, 1.54) is 55.3 Å². The van der Waals surface area contributed by atoms with Crippen molar-refractivity contribution >= 4 is 35.1 Å². The van der Waals surface area contributed by atoms with Crippen LogP contribution in [-0.2, 0) is 16.6 Å². The quantitative estimate of drug-likeness (QED) is 0.305. The van der Waals surface area contributed by atoms with Gasteiger partial charge in [0.2, 0.25) is 5.82 Å². The number of piperidine rings is 1. The lowest BCUT2D eigenvalue weighted by Gasteiger charge is -2.30. The second kappa shape index (κ2) is 16.3. The fraction of sp³-hybridized carbons (Fsp3) is 0.438. The molecule has 1 fully saturated rings. The van der Waals surface area contributed by atoms with Crippen LogP contribution < -0.4 is 10.1 Å². The molecule has 1 saturated heterocycles. The summed E-state index contributed by atoms with van der Waals surface area (Å²) in [5.74, 6) is -4.89. The Morgan fingerprint density at radius 1 is 1.04 bits per heavy atom. The lowest BCUT2D eigenvalue weighted by Crippen LogP contribution is -2.40. The van der Waals surface area contributed by atoms with Gasteiger partial charge >= 0.3 is 5.97 Å². The van der Waals surface area contributed by atoms with E-state index in [0.29, 0.717) is 31.6 Å². The number of hydrogen-bond acceptors (Lipinski definition) is 6. The Labute approximate surface area is 267 Å². The molecule has 246 valence electrons. The summed E-state index contributed by atoms with van der Waals surface area (Å²) in [6.07, 6.45) is 1.98. The number of hydrogen-bond donors (Lipinski definition) is 2. The number of nitrogens with one attached hydrogen (secondary N) is 1. The average Bonchev–Trinajstić information content (AvgIpc) is 3.40. The fourth-order valence-corrected chi connectivity index (χ4v) is 4.47. The highest BCUT2D eigenvalue weighted by atomic mass is 35.5. The maximum absolute atomic E-state index is 14.5. The molecule has 1 aromatic heterocycles. The number of aromatic nitrogens is 2. The Hall–Kier alpha value is -4.03. The van der Waals surface area contributed by atoms with Crippen molar-refractivity contribution in [1.29, 1.82) is 0 Å². The van der Waals surface area contributed by atoms with E-state index in [1.54, 1.807) is 12.0 Å². The zero-order valence-electron chi connectivity index (χ0n) is 26.8. The van der Waals surface area contributed by atoms with Crippen molar-refractivity contribution in [1.82, 2.24) is 14.5 Å². The van der Waals surface area contributed by atoms with Crippen LogP contribution in [0, 0.1) is 17.6 Å². The molecule has 0 aliphatic carbocycles. The van der Waals surface area contributed by atoms with Gasteiger partial charge < -0.3 is 29.4 Å². The summed E-state index contributed by atoms with van der Waals surface area (Å²) in [6.45, 7) is 10.7. The summed E-state index contributed by atoms with van der Waals surface area (Å²) < 4.78 is 39.7. The van der Waals surface area contributed by atoms with E-state index < -0.39 is 29.4 Å². The van der Waals surface area contributed by atoms with Crippen LogP contribution in [0.1, 0.15) is 68.4 Å². The normalized spacial score (nSPS) is 13.2. The minimum atomic E-state index is -1.15. The molecule has 0 radical (unpaired) electrons. The second-order valence-electron chi connectivity index (χ2n) is 10.8. The lowest BCUT2D eigenvalue weighted by molar-refractivity contribution is -0.143. The number of rotatable bonds is 6. The van der Waals surface area contributed by atoms with Crippen LogP contribution in [0.5, 0.6) is 5.75 Å². The van der Waals surface area contributed by atoms with E-state index in [1.807, 2.05) is 34.6 Å². The van der Waals surface area contributed by atoms with E-state index in [-0.39, 0.29) is 44.9 Å². The average molecular weight is 651 g/mol. The largest absolute Gasteiger partial charge is 0.494 e. The Bertz CT molecular complexity index is 1500. The molecule has 0 saturated carbocycles. The van der Waals surface area contributed by atoms with Gasteiger partial charge in [0.05, 0.1) is 41.1 Å². The molecule has 2 N–H and O–H groups in total. The summed E-state index contributed by atoms with van der Waals surface area (Å²) in [6, 6.07) is 7.00. The minimum Gasteiger partial charge on any atom is -0.494 e. The first-order valence-electron chi connectivity index (χ1n) is 14.4. The number of halogens is 3. The first-order chi connectivity index (χ1) is 21.2. The molecule has 2 aromatic carbocycles. The number of imidazole rings is 1. The molecule has 1 aliphatic rings. The predicted molar refractivity (Wildman–Crippen MR) is 169 cm³/mol. The van der Waals surface area contributed by atoms with Gasteiger partial charge in [-0.15, -0.1) is 0 Å². The van der Waals surface area contributed by atoms with Crippen LogP contribution in [0.3, 0.4) is 0 Å². The standard InChI is InChI=1S/C25H23ClF2N4O5.C5H12O.C2H6/c1-31-18(16-5-6-19(37-2)21(28)20(16)27)12-29-22(31)23(33)30-14-3-4-15(17(26)11-14)24(34)32-9-7-13(8-10-32)25(35)36;1-5(2,3)6-4;1-2/h3-6,11-13H,7-10H2,1-2H3,(H,30,33)(H,35,36);1-4H3;1-2H3. The topological polar surface area (TPSA) is 123 Å². The first kappa shape index (κ1) is 37.2. The van der Waals surface area contributed by atoms with Crippen molar-refractivity contribution < 1.29 is 37.7 Å². The van der Waals surface area contributed by atoms with Gasteiger partial charge in [-0.25, -0.2) is 9.37 Å². The number of anilines is 1. The van der Waals surface area contributed by atoms with Crippen LogP contribution in [0.4, 0.5) is 14.5 Å². The smallest absolute Gasteiger partial charge is 0.306 e. The molecular formula is C32H41ClF2N4O6. The molecule has 3 aromatic rings. The highest BCUT2D eigenvalue weighted by molar-refractivity contribution is 6.34. The maximum Gasteiger partial charge on any atom is 0.306 e. The van der Waals surface area contributed by atoms with Crippen molar-refractivity contribution in [2.75, 3.05) is 32.6 Å². The van der Waals surface area contributed by atoms with Gasteiger partial charge in [-0.3, -0.25) is 14.4 Å². The third-order valence-corrected chi connectivity index (χ3v) is 7.25. The number of carbonyl (C=O) groups is 3. The lowest BCUT2D eigenvalue weighted by atomic mass is 9.96. The van der Waals surface area contributed by atoms with Gasteiger partial charge in [-0.1, -0.05) is 25.4 Å². The van der Waals surface area contributed by atoms with Gasteiger partial charge in [0.25, 0.3) is 11.8 Å². The molecule has 13 heteroatoms. The SMILES string of the molecule is CC.COC(C)(C)C.COc1ccc(-c2cnc(C(=O)Nc3ccc(C(=O)N4CCC(C(=O)O)CC4)c(Cl)c3)n2C)c(F)c1F. The molecule has 4 rings (SSSR count). The highest BCUT2D eigenvalue weighted by Crippen LogP contribution is 2.30. The molecule has 0 atom stereocenters. The summed E-state index contributed by atoms with van der Waals surface area (Å²) >= 11 is 6.32. The van der Waals surface area contributed by atoms with Crippen molar-refractivity contribution in [2.45, 2.75) is 53.1 Å². The molecule has 10 nitrogen and oxygen atoms in total. The van der Waals surface area contributed by atoms with E-state index in [0.717, 1.165) is 0 Å². The maximum atomic E-state index is 14.5. The van der Waals surface area contributed by atoms with Crippen molar-refractivity contribution in [2.24, 2.45) is 13.0 Å². The number of nitrogens with zero attached hydrogens (tertiary/aromatic N) is 3. The highest BCUT2D eigenvalue weighted by Gasteiger charge is 2.28. The van der Waals surface area contributed by atoms with Crippen molar-refractivity contribution in [3.05, 3.63) is 64.6 Å². The van der Waals surface area contributed by atoms with Gasteiger partial charge in [-0.05, 0) is 63.9 Å². The number of aliphatic carboxylic acids is 1. The van der Waals surface area contributed by atoms with Crippen LogP contribution in [0.2, 0.25) is 5.02 Å². The Morgan fingerprint density at radius 2 is 1.64 bits per heavy atom. The van der Waals surface area contributed by atoms with Crippen molar-refractivity contribution in [3.8, 4) is 17.0 Å². The van der Waals surface area contributed by atoms with Crippen LogP contribution in [-0.4, -0.2) is 70.3 Å². The number of methoxy groups -OCH3 is 2. The molecular weight excluding hydrogens is 610 g/mol. The van der Waals surface area contributed by atoms with Gasteiger partial charge in [0.1, 0.15) is 0 Å². The molecule has 0 unspecified atom stereocenters. The summed E-state index contributed by atoms with van der Waals surface area (Å²) in [5.41, 5.74) is 0.646. The Morgan fingerprint density at radius 3 is 2.16 bits per heavy atom. The number of carboxylic acid groups (broad SMARTS) is 1. The second-order valence-corrected chi connectivity index (χ2v) is 11.2. The minimum absolute atomic E-state index is 0.0417. The predicted octanol–water partition coefficient (Wildman–Crippen LogP) is 6.67. The zero-order chi connectivity index (χ0) is 34.1. The Kier molecular flexibility index (Phi) is 13.5. The van der Waals surface area contributed by atoms with Crippen LogP contribution in [0.25, 0.3) is 11.3 Å². The van der Waals surface area contributed by atoms with E-state index in [9.17, 15) is 23.2 Å². The third kappa shape index (κ3) is 9.48. The van der Waals surface area contributed by atoms with Gasteiger partial charge in [0.15, 0.2) is 17.4 Å². The summed E-state index contributed by atoms with van der Waals surface area (Å²) in [4.78, 5) is 42.4. The van der Waals surface area contributed by atoms with Crippen molar-refractivity contribution in [3.63, 3.8) is 0 Å². The molecule has 0 spiro atoms. The number of carboxylic acids is 1. The first-order valence-corrected chi connectivity index (χ1v) is 14.8. The van der Waals surface area contributed by atoms with Gasteiger partial charge in [0, 0.05) is 38.5 Å².